The summed E-state index contributed by atoms with van der Waals surface area (Å²) in [6.45, 7) is 2.00. The second-order valence-corrected chi connectivity index (χ2v) is 10.8. The van der Waals surface area contributed by atoms with Crippen LogP contribution in [0, 0.1) is 6.92 Å². The van der Waals surface area contributed by atoms with Gasteiger partial charge in [-0.05, 0) is 73.2 Å². The van der Waals surface area contributed by atoms with Gasteiger partial charge in [-0.1, -0.05) is 6.07 Å². The molecule has 14 heteroatoms. The van der Waals surface area contributed by atoms with E-state index < -0.39 is 35.2 Å². The number of alkyl halides is 6. The Morgan fingerprint density at radius 2 is 1.30 bits per heavy atom. The number of carbonyl (C=O) groups excluding carboxylic acids is 2. The first-order valence-electron chi connectivity index (χ1n) is 14.4. The van der Waals surface area contributed by atoms with E-state index in [-0.39, 0.29) is 38.2 Å². The minimum absolute atomic E-state index is 0.00361. The fourth-order valence-electron chi connectivity index (χ4n) is 5.39. The smallest absolute Gasteiger partial charge is 0.416 e. The molecule has 0 spiro atoms. The summed E-state index contributed by atoms with van der Waals surface area (Å²) < 4.78 is 92.2. The van der Waals surface area contributed by atoms with Gasteiger partial charge in [0.2, 0.25) is 0 Å². The molecular formula is C33H30F6N4O4. The molecule has 3 amide bonds. The maximum absolute atomic E-state index is 13.8. The predicted molar refractivity (Wildman–Crippen MR) is 162 cm³/mol. The second-order valence-electron chi connectivity index (χ2n) is 10.8. The number of hydrogen-bond donors (Lipinski definition) is 1. The summed E-state index contributed by atoms with van der Waals surface area (Å²) in [5.74, 6) is 0.988. The van der Waals surface area contributed by atoms with Crippen LogP contribution in [0.3, 0.4) is 0 Å². The first kappa shape index (κ1) is 33.2. The molecule has 0 saturated carbocycles. The zero-order valence-corrected chi connectivity index (χ0v) is 25.5. The van der Waals surface area contributed by atoms with Crippen molar-refractivity contribution in [3.63, 3.8) is 0 Å². The number of aromatic nitrogens is 1. The number of halogens is 6. The van der Waals surface area contributed by atoms with Crippen LogP contribution in [0.5, 0.6) is 11.5 Å². The average molecular weight is 661 g/mol. The average Bonchev–Trinajstić information content (AvgIpc) is 3.40. The molecule has 0 radical (unpaired) electrons. The van der Waals surface area contributed by atoms with Crippen LogP contribution in [0.25, 0.3) is 16.9 Å². The maximum atomic E-state index is 13.8. The first-order valence-corrected chi connectivity index (χ1v) is 14.4. The summed E-state index contributed by atoms with van der Waals surface area (Å²) in [4.78, 5) is 29.5. The zero-order chi connectivity index (χ0) is 34.1. The molecule has 248 valence electrons. The lowest BCUT2D eigenvalue weighted by Crippen LogP contribution is -2.51. The van der Waals surface area contributed by atoms with E-state index in [4.69, 9.17) is 9.47 Å². The molecule has 1 aromatic heterocycles. The lowest BCUT2D eigenvalue weighted by Gasteiger charge is -2.34. The number of ether oxygens (including phenoxy) is 2. The molecule has 3 aromatic carbocycles. The zero-order valence-electron chi connectivity index (χ0n) is 25.5. The molecule has 1 N–H and O–H groups in total. The number of nitrogens with one attached hydrogen (secondary N) is 1. The van der Waals surface area contributed by atoms with E-state index in [1.165, 1.54) is 4.90 Å². The molecule has 2 heterocycles. The number of anilines is 1. The van der Waals surface area contributed by atoms with Crippen molar-refractivity contribution < 1.29 is 45.4 Å². The third-order valence-corrected chi connectivity index (χ3v) is 7.87. The summed E-state index contributed by atoms with van der Waals surface area (Å²) in [6, 6.07) is 16.5. The molecule has 0 bridgehead atoms. The van der Waals surface area contributed by atoms with E-state index in [1.54, 1.807) is 31.3 Å². The number of hydrogen-bond acceptors (Lipinski definition) is 4. The van der Waals surface area contributed by atoms with E-state index in [0.29, 0.717) is 34.9 Å². The molecule has 1 aliphatic heterocycles. The highest BCUT2D eigenvalue weighted by Crippen LogP contribution is 2.38. The predicted octanol–water partition coefficient (Wildman–Crippen LogP) is 7.50. The van der Waals surface area contributed by atoms with Gasteiger partial charge in [-0.25, -0.2) is 4.79 Å². The molecule has 5 rings (SSSR count). The molecule has 0 unspecified atom stereocenters. The Labute approximate surface area is 266 Å². The molecule has 1 fully saturated rings. The molecule has 8 nitrogen and oxygen atoms in total. The van der Waals surface area contributed by atoms with Crippen LogP contribution in [0.15, 0.2) is 72.8 Å². The monoisotopic (exact) mass is 660 g/mol. The quantitative estimate of drug-likeness (QED) is 0.218. The van der Waals surface area contributed by atoms with Gasteiger partial charge in [0, 0.05) is 49.3 Å². The Morgan fingerprint density at radius 1 is 0.723 bits per heavy atom. The number of amides is 3. The lowest BCUT2D eigenvalue weighted by molar-refractivity contribution is -0.143. The molecule has 1 aliphatic rings. The summed E-state index contributed by atoms with van der Waals surface area (Å²) in [7, 11) is 3.12. The van der Waals surface area contributed by atoms with Gasteiger partial charge >= 0.3 is 18.4 Å². The Morgan fingerprint density at radius 3 is 1.85 bits per heavy atom. The Bertz CT molecular complexity index is 1740. The van der Waals surface area contributed by atoms with Gasteiger partial charge in [0.05, 0.1) is 36.6 Å². The topological polar surface area (TPSA) is 76.0 Å². The van der Waals surface area contributed by atoms with E-state index in [1.807, 2.05) is 54.0 Å². The van der Waals surface area contributed by atoms with Crippen molar-refractivity contribution in [2.75, 3.05) is 45.7 Å². The van der Waals surface area contributed by atoms with Crippen LogP contribution in [0.1, 0.15) is 27.2 Å². The van der Waals surface area contributed by atoms with Crippen molar-refractivity contribution in [2.24, 2.45) is 0 Å². The van der Waals surface area contributed by atoms with Gasteiger partial charge in [0.15, 0.2) is 0 Å². The van der Waals surface area contributed by atoms with Gasteiger partial charge in [-0.3, -0.25) is 4.79 Å². The molecule has 0 atom stereocenters. The fourth-order valence-corrected chi connectivity index (χ4v) is 5.39. The van der Waals surface area contributed by atoms with E-state index in [0.717, 1.165) is 16.9 Å². The van der Waals surface area contributed by atoms with Gasteiger partial charge in [-0.15, -0.1) is 0 Å². The van der Waals surface area contributed by atoms with E-state index in [9.17, 15) is 35.9 Å². The van der Waals surface area contributed by atoms with Crippen molar-refractivity contribution in [3.05, 3.63) is 95.2 Å². The Balaban J connectivity index is 1.36. The standard InChI is InChI=1S/C33H30F6N4O4/c1-20-28(19-29(21-7-9-26(46-2)10-8-21)43(20)25-5-4-6-27(18-25)47-3)30(44)41-11-13-42(14-12-41)31(45)40-24-16-22(32(34,35)36)15-23(17-24)33(37,38)39/h4-10,15-19H,11-14H2,1-3H3,(H,40,45). The summed E-state index contributed by atoms with van der Waals surface area (Å²) in [6.07, 6.45) is -10.1. The van der Waals surface area contributed by atoms with Crippen LogP contribution >= 0.6 is 0 Å². The molecule has 47 heavy (non-hydrogen) atoms. The van der Waals surface area contributed by atoms with Crippen molar-refractivity contribution in [1.82, 2.24) is 14.4 Å². The fraction of sp³-hybridized carbons (Fsp3) is 0.273. The highest BCUT2D eigenvalue weighted by Gasteiger charge is 2.37. The molecule has 1 saturated heterocycles. The number of urea groups is 1. The van der Waals surface area contributed by atoms with Crippen molar-refractivity contribution in [2.45, 2.75) is 19.3 Å². The molecule has 0 aliphatic carbocycles. The minimum atomic E-state index is -5.05. The normalized spacial score (nSPS) is 13.8. The molecular weight excluding hydrogens is 630 g/mol. The Hall–Kier alpha value is -5.14. The maximum Gasteiger partial charge on any atom is 0.416 e. The van der Waals surface area contributed by atoms with Crippen LogP contribution in [0.4, 0.5) is 36.8 Å². The summed E-state index contributed by atoms with van der Waals surface area (Å²) in [5, 5.41) is 2.15. The highest BCUT2D eigenvalue weighted by atomic mass is 19.4. The van der Waals surface area contributed by atoms with Gasteiger partial charge in [0.25, 0.3) is 5.91 Å². The van der Waals surface area contributed by atoms with Gasteiger partial charge < -0.3 is 29.2 Å². The van der Waals surface area contributed by atoms with Crippen molar-refractivity contribution >= 4 is 17.6 Å². The van der Waals surface area contributed by atoms with Crippen molar-refractivity contribution in [3.8, 4) is 28.4 Å². The summed E-state index contributed by atoms with van der Waals surface area (Å²) >= 11 is 0. The van der Waals surface area contributed by atoms with Crippen molar-refractivity contribution in [1.29, 1.82) is 0 Å². The second kappa shape index (κ2) is 12.9. The Kier molecular flexibility index (Phi) is 9.14. The first-order chi connectivity index (χ1) is 22.2. The van der Waals surface area contributed by atoms with Crippen LogP contribution in [-0.4, -0.2) is 66.7 Å². The van der Waals surface area contributed by atoms with Crippen LogP contribution in [0.2, 0.25) is 0 Å². The number of benzene rings is 3. The third-order valence-electron chi connectivity index (χ3n) is 7.87. The highest BCUT2D eigenvalue weighted by molar-refractivity contribution is 5.98. The van der Waals surface area contributed by atoms with Gasteiger partial charge in [-0.2, -0.15) is 26.3 Å². The SMILES string of the molecule is COc1ccc(-c2cc(C(=O)N3CCN(C(=O)Nc4cc(C(F)(F)F)cc(C(F)(F)F)c4)CC3)c(C)n2-c2cccc(OC)c2)cc1. The number of rotatable bonds is 6. The van der Waals surface area contributed by atoms with Gasteiger partial charge in [0.1, 0.15) is 11.5 Å². The number of piperazine rings is 1. The number of carbonyl (C=O) groups is 2. The summed E-state index contributed by atoms with van der Waals surface area (Å²) in [5.41, 5.74) is -0.335. The minimum Gasteiger partial charge on any atom is -0.497 e. The number of nitrogens with zero attached hydrogens (tertiary/aromatic N) is 3. The van der Waals surface area contributed by atoms with Crippen LogP contribution in [-0.2, 0) is 12.4 Å². The largest absolute Gasteiger partial charge is 0.497 e. The van der Waals surface area contributed by atoms with E-state index >= 15 is 0 Å². The molecule has 4 aromatic rings. The lowest BCUT2D eigenvalue weighted by atomic mass is 10.1. The van der Waals surface area contributed by atoms with E-state index in [2.05, 4.69) is 5.32 Å². The number of methoxy groups -OCH3 is 2. The third kappa shape index (κ3) is 7.16. The van der Waals surface area contributed by atoms with Crippen LogP contribution < -0.4 is 14.8 Å².